The molecule has 2 aliphatic rings. The Morgan fingerprint density at radius 3 is 2.76 bits per heavy atom. The Labute approximate surface area is 150 Å². The van der Waals surface area contributed by atoms with Gasteiger partial charge in [-0.25, -0.2) is 0 Å². The lowest BCUT2D eigenvalue weighted by Crippen LogP contribution is -2.37. The van der Waals surface area contributed by atoms with Gasteiger partial charge in [-0.3, -0.25) is 14.4 Å². The molecule has 0 aromatic carbocycles. The second kappa shape index (κ2) is 8.78. The van der Waals surface area contributed by atoms with Crippen LogP contribution in [-0.2, 0) is 22.6 Å². The van der Waals surface area contributed by atoms with Crippen LogP contribution in [0.2, 0.25) is 0 Å². The van der Waals surface area contributed by atoms with Crippen molar-refractivity contribution in [2.45, 2.75) is 25.9 Å². The molecule has 0 radical (unpaired) electrons. The number of amides is 1. The second-order valence-corrected chi connectivity index (χ2v) is 7.46. The summed E-state index contributed by atoms with van der Waals surface area (Å²) in [4.78, 5) is 18.3. The van der Waals surface area contributed by atoms with Crippen molar-refractivity contribution in [3.63, 3.8) is 0 Å². The van der Waals surface area contributed by atoms with Gasteiger partial charge in [0.1, 0.15) is 6.61 Å². The summed E-state index contributed by atoms with van der Waals surface area (Å²) >= 11 is 0. The summed E-state index contributed by atoms with van der Waals surface area (Å²) in [5, 5.41) is 4.46. The van der Waals surface area contributed by atoms with Crippen LogP contribution in [0.25, 0.3) is 0 Å². The maximum absolute atomic E-state index is 11.7. The number of aromatic nitrogens is 2. The van der Waals surface area contributed by atoms with Crippen molar-refractivity contribution in [2.75, 3.05) is 60.0 Å². The van der Waals surface area contributed by atoms with Crippen LogP contribution in [0.15, 0.2) is 12.3 Å². The zero-order valence-corrected chi connectivity index (χ0v) is 15.6. The lowest BCUT2D eigenvalue weighted by Gasteiger charge is -2.26. The van der Waals surface area contributed by atoms with Crippen LogP contribution in [0, 0.1) is 5.92 Å². The van der Waals surface area contributed by atoms with E-state index in [0.29, 0.717) is 12.5 Å². The van der Waals surface area contributed by atoms with Gasteiger partial charge in [0.05, 0.1) is 12.3 Å². The Morgan fingerprint density at radius 2 is 2.00 bits per heavy atom. The largest absolute Gasteiger partial charge is 0.371 e. The smallest absolute Gasteiger partial charge is 0.248 e. The van der Waals surface area contributed by atoms with E-state index >= 15 is 0 Å². The van der Waals surface area contributed by atoms with Crippen LogP contribution in [0.4, 0.5) is 0 Å². The first-order valence-corrected chi connectivity index (χ1v) is 9.35. The van der Waals surface area contributed by atoms with Gasteiger partial charge >= 0.3 is 0 Å². The van der Waals surface area contributed by atoms with Crippen LogP contribution >= 0.6 is 0 Å². The van der Waals surface area contributed by atoms with E-state index in [4.69, 9.17) is 4.74 Å². The molecular formula is C18H31N5O2. The third-order valence-corrected chi connectivity index (χ3v) is 5.15. The summed E-state index contributed by atoms with van der Waals surface area (Å²) in [6.07, 6.45) is 4.55. The standard InChI is InChI=1S/C18H31N5O2/c1-20(2)18(24)15-25-14-16-11-22(10-9-21-7-3-4-8-21)13-17-5-6-19-23(17)12-16/h5-6,16H,3-4,7-15H2,1-2H3/t16-/m0/s1. The first-order valence-electron chi connectivity index (χ1n) is 9.35. The van der Waals surface area contributed by atoms with E-state index in [1.807, 2.05) is 6.20 Å². The summed E-state index contributed by atoms with van der Waals surface area (Å²) in [5.74, 6) is 0.369. The minimum Gasteiger partial charge on any atom is -0.371 e. The van der Waals surface area contributed by atoms with E-state index in [9.17, 15) is 4.79 Å². The van der Waals surface area contributed by atoms with Crippen molar-refractivity contribution in [3.05, 3.63) is 18.0 Å². The first-order chi connectivity index (χ1) is 12.1. The third-order valence-electron chi connectivity index (χ3n) is 5.15. The fraction of sp³-hybridized carbons (Fsp3) is 0.778. The summed E-state index contributed by atoms with van der Waals surface area (Å²) in [5.41, 5.74) is 1.27. The predicted molar refractivity (Wildman–Crippen MR) is 96.2 cm³/mol. The van der Waals surface area contributed by atoms with Gasteiger partial charge in [-0.15, -0.1) is 0 Å². The Kier molecular flexibility index (Phi) is 6.45. The monoisotopic (exact) mass is 349 g/mol. The maximum atomic E-state index is 11.7. The van der Waals surface area contributed by atoms with Gasteiger partial charge in [-0.05, 0) is 32.0 Å². The number of likely N-dealkylation sites (N-methyl/N-ethyl adjacent to an activating group) is 1. The number of hydrogen-bond acceptors (Lipinski definition) is 5. The summed E-state index contributed by atoms with van der Waals surface area (Å²) < 4.78 is 7.80. The molecule has 1 fully saturated rings. The molecule has 1 saturated heterocycles. The third kappa shape index (κ3) is 5.26. The van der Waals surface area contributed by atoms with Gasteiger partial charge in [0, 0.05) is 58.9 Å². The molecule has 3 rings (SSSR count). The van der Waals surface area contributed by atoms with Crippen molar-refractivity contribution < 1.29 is 9.53 Å². The normalized spacial score (nSPS) is 21.9. The number of carbonyl (C=O) groups is 1. The van der Waals surface area contributed by atoms with Crippen LogP contribution in [0.3, 0.4) is 0 Å². The van der Waals surface area contributed by atoms with E-state index in [1.54, 1.807) is 19.0 Å². The maximum Gasteiger partial charge on any atom is 0.248 e. The quantitative estimate of drug-likeness (QED) is 0.718. The highest BCUT2D eigenvalue weighted by Gasteiger charge is 2.23. The number of nitrogens with zero attached hydrogens (tertiary/aromatic N) is 5. The Morgan fingerprint density at radius 1 is 1.24 bits per heavy atom. The molecule has 0 aliphatic carbocycles. The zero-order chi connectivity index (χ0) is 17.6. The van der Waals surface area contributed by atoms with Crippen LogP contribution in [0.5, 0.6) is 0 Å². The van der Waals surface area contributed by atoms with E-state index in [2.05, 4.69) is 25.6 Å². The molecule has 0 spiro atoms. The van der Waals surface area contributed by atoms with E-state index in [1.165, 1.54) is 31.6 Å². The van der Waals surface area contributed by atoms with Crippen LogP contribution in [0.1, 0.15) is 18.5 Å². The Balaban J connectivity index is 1.53. The molecule has 1 aromatic heterocycles. The molecule has 0 bridgehead atoms. The molecule has 140 valence electrons. The molecule has 0 unspecified atom stereocenters. The van der Waals surface area contributed by atoms with Gasteiger partial charge < -0.3 is 14.5 Å². The van der Waals surface area contributed by atoms with Crippen molar-refractivity contribution in [1.29, 1.82) is 0 Å². The minimum absolute atomic E-state index is 0.0132. The van der Waals surface area contributed by atoms with Gasteiger partial charge in [-0.2, -0.15) is 5.10 Å². The molecule has 1 amide bonds. The lowest BCUT2D eigenvalue weighted by atomic mass is 10.1. The summed E-state index contributed by atoms with van der Waals surface area (Å²) in [6, 6.07) is 2.11. The molecule has 1 aromatic rings. The highest BCUT2D eigenvalue weighted by Crippen LogP contribution is 2.17. The molecular weight excluding hydrogens is 318 g/mol. The topological polar surface area (TPSA) is 53.8 Å². The highest BCUT2D eigenvalue weighted by atomic mass is 16.5. The lowest BCUT2D eigenvalue weighted by molar-refractivity contribution is -0.134. The van der Waals surface area contributed by atoms with Crippen molar-refractivity contribution >= 4 is 5.91 Å². The number of rotatable bonds is 7. The average Bonchev–Trinajstić information content (AvgIpc) is 3.22. The van der Waals surface area contributed by atoms with E-state index < -0.39 is 0 Å². The zero-order valence-electron chi connectivity index (χ0n) is 15.6. The number of ether oxygens (including phenoxy) is 1. The van der Waals surface area contributed by atoms with Crippen molar-refractivity contribution in [1.82, 2.24) is 24.5 Å². The number of hydrogen-bond donors (Lipinski definition) is 0. The van der Waals surface area contributed by atoms with Gasteiger partial charge in [0.15, 0.2) is 0 Å². The van der Waals surface area contributed by atoms with E-state index in [0.717, 1.165) is 32.7 Å². The number of fused-ring (bicyclic) bond motifs is 1. The molecule has 0 saturated carbocycles. The van der Waals surface area contributed by atoms with Crippen molar-refractivity contribution in [3.8, 4) is 0 Å². The fourth-order valence-corrected chi connectivity index (χ4v) is 3.63. The highest BCUT2D eigenvalue weighted by molar-refractivity contribution is 5.76. The SMILES string of the molecule is CN(C)C(=O)COC[C@H]1CN(CCN2CCCC2)Cc2ccnn2C1. The summed E-state index contributed by atoms with van der Waals surface area (Å²) in [6.45, 7) is 8.25. The minimum atomic E-state index is 0.0132. The summed E-state index contributed by atoms with van der Waals surface area (Å²) in [7, 11) is 3.51. The molecule has 25 heavy (non-hydrogen) atoms. The van der Waals surface area contributed by atoms with Crippen molar-refractivity contribution in [2.24, 2.45) is 5.92 Å². The van der Waals surface area contributed by atoms with Gasteiger partial charge in [-0.1, -0.05) is 0 Å². The first kappa shape index (κ1) is 18.4. The predicted octanol–water partition coefficient (Wildman–Crippen LogP) is 0.516. The van der Waals surface area contributed by atoms with E-state index in [-0.39, 0.29) is 12.5 Å². The molecule has 7 heteroatoms. The molecule has 7 nitrogen and oxygen atoms in total. The molecule has 3 heterocycles. The van der Waals surface area contributed by atoms with Gasteiger partial charge in [0.2, 0.25) is 5.91 Å². The van der Waals surface area contributed by atoms with Crippen LogP contribution in [-0.4, -0.2) is 90.4 Å². The molecule has 1 atom stereocenters. The Hall–Kier alpha value is -1.44. The fourth-order valence-electron chi connectivity index (χ4n) is 3.63. The average molecular weight is 349 g/mol. The Bertz CT molecular complexity index is 553. The van der Waals surface area contributed by atoms with Gasteiger partial charge in [0.25, 0.3) is 0 Å². The molecule has 2 aliphatic heterocycles. The van der Waals surface area contributed by atoms with Crippen LogP contribution < -0.4 is 0 Å². The second-order valence-electron chi connectivity index (χ2n) is 7.46. The number of carbonyl (C=O) groups excluding carboxylic acids is 1. The number of likely N-dealkylation sites (tertiary alicyclic amines) is 1. The molecule has 0 N–H and O–H groups in total.